The third-order valence-electron chi connectivity index (χ3n) is 3.45. The van der Waals surface area contributed by atoms with E-state index in [2.05, 4.69) is 5.32 Å². The molecule has 0 aromatic heterocycles. The van der Waals surface area contributed by atoms with Gasteiger partial charge < -0.3 is 10.2 Å². The first-order valence-electron chi connectivity index (χ1n) is 7.19. The zero-order valence-electron chi connectivity index (χ0n) is 13.4. The third-order valence-corrected chi connectivity index (χ3v) is 3.45. The van der Waals surface area contributed by atoms with E-state index < -0.39 is 4.92 Å². The number of nitrogens with one attached hydrogen (secondary N) is 1. The van der Waals surface area contributed by atoms with Crippen LogP contribution in [0.1, 0.15) is 11.1 Å². The number of nitrogens with zero attached hydrogens (tertiary/aromatic N) is 2. The molecule has 0 saturated carbocycles. The van der Waals surface area contributed by atoms with Gasteiger partial charge in [0.2, 0.25) is 5.91 Å². The van der Waals surface area contributed by atoms with E-state index in [1.165, 1.54) is 6.07 Å². The Morgan fingerprint density at radius 1 is 1.13 bits per heavy atom. The predicted molar refractivity (Wildman–Crippen MR) is 90.9 cm³/mol. The lowest BCUT2D eigenvalue weighted by atomic mass is 10.2. The Bertz CT molecular complexity index is 726. The van der Waals surface area contributed by atoms with E-state index in [0.29, 0.717) is 11.4 Å². The molecule has 0 bridgehead atoms. The van der Waals surface area contributed by atoms with Crippen molar-refractivity contribution >= 4 is 23.0 Å². The molecule has 0 aliphatic heterocycles. The number of aryl methyl sites for hydroxylation is 2. The second kappa shape index (κ2) is 6.91. The summed E-state index contributed by atoms with van der Waals surface area (Å²) in [6.45, 7) is 3.79. The lowest BCUT2D eigenvalue weighted by Crippen LogP contribution is -2.30. The van der Waals surface area contributed by atoms with Crippen LogP contribution in [-0.4, -0.2) is 24.4 Å². The Morgan fingerprint density at radius 2 is 1.74 bits per heavy atom. The minimum absolute atomic E-state index is 0.00404. The average molecular weight is 313 g/mol. The molecule has 6 nitrogen and oxygen atoms in total. The summed E-state index contributed by atoms with van der Waals surface area (Å²) in [7, 11) is 1.66. The van der Waals surface area contributed by atoms with Crippen LogP contribution in [0.3, 0.4) is 0 Å². The number of nitro groups is 1. The molecular formula is C17H19N3O3. The SMILES string of the molecule is Cc1ccc(NC(=O)CN(C)c2ccc(C)cc2[N+](=O)[O-])cc1. The molecule has 0 spiro atoms. The summed E-state index contributed by atoms with van der Waals surface area (Å²) in [5.41, 5.74) is 3.02. The van der Waals surface area contributed by atoms with Gasteiger partial charge in [-0.1, -0.05) is 23.8 Å². The van der Waals surface area contributed by atoms with Crippen LogP contribution in [0.25, 0.3) is 0 Å². The maximum Gasteiger partial charge on any atom is 0.292 e. The van der Waals surface area contributed by atoms with Gasteiger partial charge in [0.05, 0.1) is 11.5 Å². The van der Waals surface area contributed by atoms with Gasteiger partial charge in [-0.05, 0) is 37.6 Å². The predicted octanol–water partition coefficient (Wildman–Crippen LogP) is 3.29. The molecular weight excluding hydrogens is 294 g/mol. The lowest BCUT2D eigenvalue weighted by molar-refractivity contribution is -0.384. The lowest BCUT2D eigenvalue weighted by Gasteiger charge is -2.19. The van der Waals surface area contributed by atoms with Gasteiger partial charge in [-0.25, -0.2) is 0 Å². The van der Waals surface area contributed by atoms with Crippen molar-refractivity contribution in [1.82, 2.24) is 0 Å². The number of hydrogen-bond donors (Lipinski definition) is 1. The maximum atomic E-state index is 12.1. The molecule has 0 fully saturated rings. The zero-order chi connectivity index (χ0) is 17.0. The number of carbonyl (C=O) groups is 1. The van der Waals surface area contributed by atoms with Gasteiger partial charge in [-0.3, -0.25) is 14.9 Å². The van der Waals surface area contributed by atoms with Crippen molar-refractivity contribution in [1.29, 1.82) is 0 Å². The van der Waals surface area contributed by atoms with Crippen molar-refractivity contribution in [2.45, 2.75) is 13.8 Å². The summed E-state index contributed by atoms with van der Waals surface area (Å²) in [5.74, 6) is -0.230. The fourth-order valence-corrected chi connectivity index (χ4v) is 2.24. The van der Waals surface area contributed by atoms with Crippen LogP contribution < -0.4 is 10.2 Å². The molecule has 0 aliphatic carbocycles. The van der Waals surface area contributed by atoms with Crippen LogP contribution in [0, 0.1) is 24.0 Å². The summed E-state index contributed by atoms with van der Waals surface area (Å²) in [4.78, 5) is 24.4. The number of amides is 1. The molecule has 0 atom stereocenters. The monoisotopic (exact) mass is 313 g/mol. The second-order valence-electron chi connectivity index (χ2n) is 5.52. The highest BCUT2D eigenvalue weighted by Crippen LogP contribution is 2.28. The number of nitro benzene ring substituents is 1. The van der Waals surface area contributed by atoms with Crippen molar-refractivity contribution in [3.63, 3.8) is 0 Å². The van der Waals surface area contributed by atoms with E-state index in [-0.39, 0.29) is 18.1 Å². The van der Waals surface area contributed by atoms with Crippen molar-refractivity contribution < 1.29 is 9.72 Å². The minimum atomic E-state index is -0.434. The van der Waals surface area contributed by atoms with Gasteiger partial charge in [0.1, 0.15) is 5.69 Å². The highest BCUT2D eigenvalue weighted by Gasteiger charge is 2.18. The Labute approximate surface area is 134 Å². The van der Waals surface area contributed by atoms with Crippen molar-refractivity contribution in [2.24, 2.45) is 0 Å². The first-order valence-corrected chi connectivity index (χ1v) is 7.19. The topological polar surface area (TPSA) is 75.5 Å². The molecule has 2 aromatic rings. The first-order chi connectivity index (χ1) is 10.9. The Kier molecular flexibility index (Phi) is 4.95. The Balaban J connectivity index is 2.09. The van der Waals surface area contributed by atoms with Crippen LogP contribution in [-0.2, 0) is 4.79 Å². The fraction of sp³-hybridized carbons (Fsp3) is 0.235. The average Bonchev–Trinajstić information content (AvgIpc) is 2.49. The Morgan fingerprint density at radius 3 is 2.35 bits per heavy atom. The van der Waals surface area contributed by atoms with Gasteiger partial charge in [0.25, 0.3) is 5.69 Å². The van der Waals surface area contributed by atoms with E-state index in [1.807, 2.05) is 31.2 Å². The largest absolute Gasteiger partial charge is 0.360 e. The highest BCUT2D eigenvalue weighted by molar-refractivity contribution is 5.94. The van der Waals surface area contributed by atoms with E-state index in [9.17, 15) is 14.9 Å². The van der Waals surface area contributed by atoms with Gasteiger partial charge in [0.15, 0.2) is 0 Å². The van der Waals surface area contributed by atoms with Crippen molar-refractivity contribution in [3.8, 4) is 0 Å². The number of likely N-dealkylation sites (N-methyl/N-ethyl adjacent to an activating group) is 1. The van der Waals surface area contributed by atoms with Gasteiger partial charge in [-0.15, -0.1) is 0 Å². The molecule has 2 aromatic carbocycles. The third kappa shape index (κ3) is 4.29. The van der Waals surface area contributed by atoms with Crippen molar-refractivity contribution in [2.75, 3.05) is 23.8 Å². The summed E-state index contributed by atoms with van der Waals surface area (Å²) >= 11 is 0. The maximum absolute atomic E-state index is 12.1. The van der Waals surface area contributed by atoms with Crippen molar-refractivity contribution in [3.05, 3.63) is 63.7 Å². The first kappa shape index (κ1) is 16.5. The molecule has 1 amide bonds. The normalized spacial score (nSPS) is 10.2. The molecule has 6 heteroatoms. The molecule has 0 saturated heterocycles. The summed E-state index contributed by atoms with van der Waals surface area (Å²) < 4.78 is 0. The number of benzene rings is 2. The van der Waals surface area contributed by atoms with Gasteiger partial charge in [0, 0.05) is 18.8 Å². The highest BCUT2D eigenvalue weighted by atomic mass is 16.6. The Hall–Kier alpha value is -2.89. The molecule has 1 N–H and O–H groups in total. The van der Waals surface area contributed by atoms with Crippen LogP contribution in [0.15, 0.2) is 42.5 Å². The number of rotatable bonds is 5. The molecule has 0 radical (unpaired) electrons. The second-order valence-corrected chi connectivity index (χ2v) is 5.52. The number of carbonyl (C=O) groups excluding carboxylic acids is 1. The molecule has 2 rings (SSSR count). The summed E-state index contributed by atoms with van der Waals surface area (Å²) in [5, 5.41) is 13.9. The molecule has 120 valence electrons. The van der Waals surface area contributed by atoms with Gasteiger partial charge >= 0.3 is 0 Å². The number of hydrogen-bond acceptors (Lipinski definition) is 4. The smallest absolute Gasteiger partial charge is 0.292 e. The molecule has 0 unspecified atom stereocenters. The molecule has 0 heterocycles. The quantitative estimate of drug-likeness (QED) is 0.679. The molecule has 23 heavy (non-hydrogen) atoms. The van der Waals surface area contributed by atoms with E-state index in [4.69, 9.17) is 0 Å². The van der Waals surface area contributed by atoms with E-state index in [1.54, 1.807) is 31.0 Å². The summed E-state index contributed by atoms with van der Waals surface area (Å²) in [6, 6.07) is 12.4. The number of anilines is 2. The molecule has 0 aliphatic rings. The van der Waals surface area contributed by atoms with Crippen LogP contribution in [0.4, 0.5) is 17.1 Å². The fourth-order valence-electron chi connectivity index (χ4n) is 2.24. The summed E-state index contributed by atoms with van der Waals surface area (Å²) in [6.07, 6.45) is 0. The standard InChI is InChI=1S/C17H19N3O3/c1-12-4-7-14(8-5-12)18-17(21)11-19(3)15-9-6-13(2)10-16(15)20(22)23/h4-10H,11H2,1-3H3,(H,18,21). The minimum Gasteiger partial charge on any atom is -0.360 e. The zero-order valence-corrected chi connectivity index (χ0v) is 13.4. The van der Waals surface area contributed by atoms with E-state index in [0.717, 1.165) is 11.1 Å². The van der Waals surface area contributed by atoms with Crippen LogP contribution in [0.2, 0.25) is 0 Å². The van der Waals surface area contributed by atoms with E-state index >= 15 is 0 Å². The van der Waals surface area contributed by atoms with Gasteiger partial charge in [-0.2, -0.15) is 0 Å². The van der Waals surface area contributed by atoms with Crippen LogP contribution in [0.5, 0.6) is 0 Å². The van der Waals surface area contributed by atoms with Crippen LogP contribution >= 0.6 is 0 Å².